The van der Waals surface area contributed by atoms with Crippen molar-refractivity contribution in [2.24, 2.45) is 0 Å². The largest absolute Gasteiger partial charge is 0.497 e. The van der Waals surface area contributed by atoms with Crippen molar-refractivity contribution < 1.29 is 9.53 Å². The van der Waals surface area contributed by atoms with Crippen LogP contribution in [0.3, 0.4) is 0 Å². The number of nitrogens with one attached hydrogen (secondary N) is 1. The summed E-state index contributed by atoms with van der Waals surface area (Å²) < 4.78 is 5.11. The average Bonchev–Trinajstić information content (AvgIpc) is 2.50. The van der Waals surface area contributed by atoms with Crippen molar-refractivity contribution in [3.8, 4) is 11.8 Å². The second kappa shape index (κ2) is 5.93. The first-order valence-electron chi connectivity index (χ1n) is 6.65. The molecule has 5 heteroatoms. The van der Waals surface area contributed by atoms with Crippen LogP contribution in [0.5, 0.6) is 5.75 Å². The van der Waals surface area contributed by atoms with Crippen LogP contribution in [0.2, 0.25) is 0 Å². The fourth-order valence-corrected chi connectivity index (χ4v) is 2.32. The molecule has 1 heterocycles. The SMILES string of the molecule is COc1cccc(C(=O)NC2(C#N)CCN(C)CC2)c1. The first-order valence-corrected chi connectivity index (χ1v) is 6.65. The molecule has 1 aromatic rings. The number of carbonyl (C=O) groups is 1. The summed E-state index contributed by atoms with van der Waals surface area (Å²) in [5, 5.41) is 12.3. The van der Waals surface area contributed by atoms with E-state index in [-0.39, 0.29) is 5.91 Å². The van der Waals surface area contributed by atoms with Gasteiger partial charge in [-0.05, 0) is 38.1 Å². The van der Waals surface area contributed by atoms with Gasteiger partial charge in [-0.2, -0.15) is 5.26 Å². The Morgan fingerprint density at radius 3 is 2.75 bits per heavy atom. The summed E-state index contributed by atoms with van der Waals surface area (Å²) >= 11 is 0. The van der Waals surface area contributed by atoms with Gasteiger partial charge in [0.2, 0.25) is 0 Å². The van der Waals surface area contributed by atoms with E-state index in [2.05, 4.69) is 16.3 Å². The number of rotatable bonds is 3. The van der Waals surface area contributed by atoms with E-state index < -0.39 is 5.54 Å². The van der Waals surface area contributed by atoms with Crippen molar-refractivity contribution in [1.29, 1.82) is 5.26 Å². The average molecular weight is 273 g/mol. The Bertz CT molecular complexity index is 528. The van der Waals surface area contributed by atoms with Crippen LogP contribution in [0.1, 0.15) is 23.2 Å². The molecule has 2 rings (SSSR count). The fourth-order valence-electron chi connectivity index (χ4n) is 2.32. The van der Waals surface area contributed by atoms with E-state index in [1.54, 1.807) is 31.4 Å². The van der Waals surface area contributed by atoms with Crippen LogP contribution >= 0.6 is 0 Å². The zero-order valence-electron chi connectivity index (χ0n) is 11.8. The predicted molar refractivity (Wildman–Crippen MR) is 75.5 cm³/mol. The number of carbonyl (C=O) groups excluding carboxylic acids is 1. The minimum absolute atomic E-state index is 0.227. The van der Waals surface area contributed by atoms with Crippen LogP contribution in [0.25, 0.3) is 0 Å². The molecule has 0 spiro atoms. The molecule has 1 aromatic carbocycles. The fraction of sp³-hybridized carbons (Fsp3) is 0.467. The van der Waals surface area contributed by atoms with Crippen molar-refractivity contribution in [3.63, 3.8) is 0 Å². The molecule has 1 fully saturated rings. The molecule has 20 heavy (non-hydrogen) atoms. The quantitative estimate of drug-likeness (QED) is 0.904. The number of likely N-dealkylation sites (tertiary alicyclic amines) is 1. The second-order valence-electron chi connectivity index (χ2n) is 5.18. The van der Waals surface area contributed by atoms with E-state index in [0.29, 0.717) is 24.2 Å². The minimum Gasteiger partial charge on any atom is -0.497 e. The summed E-state index contributed by atoms with van der Waals surface area (Å²) in [4.78, 5) is 14.5. The van der Waals surface area contributed by atoms with Gasteiger partial charge in [-0.15, -0.1) is 0 Å². The molecule has 0 unspecified atom stereocenters. The van der Waals surface area contributed by atoms with Gasteiger partial charge >= 0.3 is 0 Å². The Kier molecular flexibility index (Phi) is 4.26. The molecule has 1 amide bonds. The monoisotopic (exact) mass is 273 g/mol. The van der Waals surface area contributed by atoms with Crippen molar-refractivity contribution in [3.05, 3.63) is 29.8 Å². The molecule has 1 aliphatic heterocycles. The van der Waals surface area contributed by atoms with E-state index in [1.807, 2.05) is 7.05 Å². The Balaban J connectivity index is 2.11. The van der Waals surface area contributed by atoms with Gasteiger partial charge in [0.1, 0.15) is 11.3 Å². The zero-order valence-corrected chi connectivity index (χ0v) is 11.8. The number of amides is 1. The Morgan fingerprint density at radius 1 is 1.45 bits per heavy atom. The zero-order chi connectivity index (χ0) is 14.6. The number of benzene rings is 1. The number of piperidine rings is 1. The molecule has 106 valence electrons. The molecular weight excluding hydrogens is 254 g/mol. The molecule has 0 aliphatic carbocycles. The Hall–Kier alpha value is -2.06. The number of methoxy groups -OCH3 is 1. The molecule has 0 bridgehead atoms. The highest BCUT2D eigenvalue weighted by atomic mass is 16.5. The predicted octanol–water partition coefficient (Wildman–Crippen LogP) is 1.41. The van der Waals surface area contributed by atoms with Gasteiger partial charge in [0.05, 0.1) is 13.2 Å². The lowest BCUT2D eigenvalue weighted by atomic mass is 9.89. The summed E-state index contributed by atoms with van der Waals surface area (Å²) in [6, 6.07) is 9.22. The first kappa shape index (κ1) is 14.4. The lowest BCUT2D eigenvalue weighted by molar-refractivity contribution is 0.0881. The van der Waals surface area contributed by atoms with Gasteiger partial charge in [-0.1, -0.05) is 6.07 Å². The van der Waals surface area contributed by atoms with Crippen LogP contribution in [-0.2, 0) is 0 Å². The van der Waals surface area contributed by atoms with Crippen LogP contribution in [-0.4, -0.2) is 43.6 Å². The third-order valence-electron chi connectivity index (χ3n) is 3.74. The summed E-state index contributed by atoms with van der Waals surface area (Å²) in [5.74, 6) is 0.405. The third kappa shape index (κ3) is 3.09. The maximum Gasteiger partial charge on any atom is 0.252 e. The van der Waals surface area contributed by atoms with E-state index in [4.69, 9.17) is 4.74 Å². The Labute approximate surface area is 119 Å². The molecule has 0 radical (unpaired) electrons. The van der Waals surface area contributed by atoms with Crippen LogP contribution in [0, 0.1) is 11.3 Å². The summed E-state index contributed by atoms with van der Waals surface area (Å²) in [7, 11) is 3.58. The van der Waals surface area contributed by atoms with E-state index in [9.17, 15) is 10.1 Å². The number of hydrogen-bond donors (Lipinski definition) is 1. The molecule has 0 atom stereocenters. The molecular formula is C15H19N3O2. The standard InChI is InChI=1S/C15H19N3O2/c1-18-8-6-15(11-16,7-9-18)17-14(19)12-4-3-5-13(10-12)20-2/h3-5,10H,6-9H2,1-2H3,(H,17,19). The lowest BCUT2D eigenvalue weighted by Gasteiger charge is -2.36. The normalized spacial score (nSPS) is 18.1. The topological polar surface area (TPSA) is 65.4 Å². The van der Waals surface area contributed by atoms with Crippen molar-refractivity contribution in [2.45, 2.75) is 18.4 Å². The third-order valence-corrected chi connectivity index (χ3v) is 3.74. The van der Waals surface area contributed by atoms with Gasteiger partial charge in [-0.3, -0.25) is 4.79 Å². The number of nitriles is 1. The van der Waals surface area contributed by atoms with Gasteiger partial charge < -0.3 is 15.0 Å². The molecule has 1 saturated heterocycles. The molecule has 0 saturated carbocycles. The molecule has 1 N–H and O–H groups in total. The smallest absolute Gasteiger partial charge is 0.252 e. The minimum atomic E-state index is -0.757. The van der Waals surface area contributed by atoms with Crippen LogP contribution in [0.15, 0.2) is 24.3 Å². The number of hydrogen-bond acceptors (Lipinski definition) is 4. The number of nitrogens with zero attached hydrogens (tertiary/aromatic N) is 2. The van der Waals surface area contributed by atoms with Crippen molar-refractivity contribution >= 4 is 5.91 Å². The summed E-state index contributed by atoms with van der Waals surface area (Å²) in [5.41, 5.74) is -0.245. The molecule has 5 nitrogen and oxygen atoms in total. The van der Waals surface area contributed by atoms with Gasteiger partial charge in [0.25, 0.3) is 5.91 Å². The van der Waals surface area contributed by atoms with E-state index in [1.165, 1.54) is 0 Å². The molecule has 0 aromatic heterocycles. The highest BCUT2D eigenvalue weighted by Crippen LogP contribution is 2.22. The van der Waals surface area contributed by atoms with E-state index >= 15 is 0 Å². The van der Waals surface area contributed by atoms with Gasteiger partial charge in [-0.25, -0.2) is 0 Å². The maximum atomic E-state index is 12.3. The molecule has 1 aliphatic rings. The van der Waals surface area contributed by atoms with Crippen LogP contribution < -0.4 is 10.1 Å². The number of ether oxygens (including phenoxy) is 1. The maximum absolute atomic E-state index is 12.3. The van der Waals surface area contributed by atoms with Gasteiger partial charge in [0, 0.05) is 18.7 Å². The first-order chi connectivity index (χ1) is 9.58. The van der Waals surface area contributed by atoms with Crippen molar-refractivity contribution in [2.75, 3.05) is 27.2 Å². The summed E-state index contributed by atoms with van der Waals surface area (Å²) in [6.07, 6.45) is 1.30. The second-order valence-corrected chi connectivity index (χ2v) is 5.18. The van der Waals surface area contributed by atoms with Gasteiger partial charge in [0.15, 0.2) is 0 Å². The lowest BCUT2D eigenvalue weighted by Crippen LogP contribution is -2.53. The van der Waals surface area contributed by atoms with Crippen molar-refractivity contribution in [1.82, 2.24) is 10.2 Å². The highest BCUT2D eigenvalue weighted by molar-refractivity contribution is 5.95. The highest BCUT2D eigenvalue weighted by Gasteiger charge is 2.35. The summed E-state index contributed by atoms with van der Waals surface area (Å²) in [6.45, 7) is 1.62. The Morgan fingerprint density at radius 2 is 2.15 bits per heavy atom. The van der Waals surface area contributed by atoms with Crippen LogP contribution in [0.4, 0.5) is 0 Å². The van der Waals surface area contributed by atoms with E-state index in [0.717, 1.165) is 13.1 Å².